The number of rotatable bonds is 5. The summed E-state index contributed by atoms with van der Waals surface area (Å²) in [5.74, 6) is 0.595. The molecule has 0 N–H and O–H groups in total. The molecular weight excluding hydrogens is 240 g/mol. The lowest BCUT2D eigenvalue weighted by molar-refractivity contribution is 0.112. The van der Waals surface area contributed by atoms with Crippen LogP contribution in [0.25, 0.3) is 11.1 Å². The van der Waals surface area contributed by atoms with Gasteiger partial charge in [-0.3, -0.25) is 9.48 Å². The Morgan fingerprint density at radius 1 is 1.42 bits per heavy atom. The average molecular weight is 258 g/mol. The highest BCUT2D eigenvalue weighted by Crippen LogP contribution is 2.27. The Morgan fingerprint density at radius 2 is 2.21 bits per heavy atom. The maximum atomic E-state index is 11.1. The van der Waals surface area contributed by atoms with Gasteiger partial charge < -0.3 is 4.74 Å². The topological polar surface area (TPSA) is 44.1 Å². The third kappa shape index (κ3) is 2.67. The van der Waals surface area contributed by atoms with Crippen molar-refractivity contribution in [2.45, 2.75) is 26.8 Å². The number of benzene rings is 1. The molecule has 4 heteroatoms. The number of carbonyl (C=O) groups is 1. The summed E-state index contributed by atoms with van der Waals surface area (Å²) < 4.78 is 7.09. The number of hydrogen-bond donors (Lipinski definition) is 0. The zero-order chi connectivity index (χ0) is 13.8. The minimum atomic E-state index is 0.558. The van der Waals surface area contributed by atoms with E-state index >= 15 is 0 Å². The fourth-order valence-corrected chi connectivity index (χ4v) is 2.14. The summed E-state index contributed by atoms with van der Waals surface area (Å²) in [4.78, 5) is 11.1. The number of ether oxygens (including phenoxy) is 1. The van der Waals surface area contributed by atoms with Gasteiger partial charge in [-0.15, -0.1) is 0 Å². The van der Waals surface area contributed by atoms with Crippen LogP contribution in [-0.4, -0.2) is 23.2 Å². The van der Waals surface area contributed by atoms with E-state index < -0.39 is 0 Å². The molecule has 2 aromatic rings. The van der Waals surface area contributed by atoms with Gasteiger partial charge in [-0.2, -0.15) is 5.10 Å². The van der Waals surface area contributed by atoms with Crippen LogP contribution in [-0.2, 0) is 6.54 Å². The van der Waals surface area contributed by atoms with E-state index in [0.717, 1.165) is 36.1 Å². The number of nitrogens with zero attached hydrogens (tertiary/aromatic N) is 2. The second-order valence-electron chi connectivity index (χ2n) is 4.47. The number of carbonyl (C=O) groups excluding carboxylic acids is 1. The van der Waals surface area contributed by atoms with Gasteiger partial charge in [0.25, 0.3) is 0 Å². The highest BCUT2D eigenvalue weighted by Gasteiger charge is 2.10. The molecule has 0 spiro atoms. The second-order valence-corrected chi connectivity index (χ2v) is 4.47. The Labute approximate surface area is 113 Å². The first-order valence-corrected chi connectivity index (χ1v) is 6.37. The largest absolute Gasteiger partial charge is 0.496 e. The molecule has 0 unspecified atom stereocenters. The molecule has 0 bridgehead atoms. The maximum Gasteiger partial charge on any atom is 0.153 e. The molecule has 2 rings (SSSR count). The van der Waals surface area contributed by atoms with E-state index in [1.807, 2.05) is 36.0 Å². The van der Waals surface area contributed by atoms with Gasteiger partial charge in [-0.25, -0.2) is 0 Å². The van der Waals surface area contributed by atoms with Crippen molar-refractivity contribution < 1.29 is 9.53 Å². The fourth-order valence-electron chi connectivity index (χ4n) is 2.14. The van der Waals surface area contributed by atoms with E-state index in [0.29, 0.717) is 11.3 Å². The van der Waals surface area contributed by atoms with Crippen LogP contribution in [0.2, 0.25) is 0 Å². The van der Waals surface area contributed by atoms with E-state index in [4.69, 9.17) is 4.74 Å². The molecule has 0 aliphatic heterocycles. The minimum absolute atomic E-state index is 0.558. The standard InChI is InChI=1S/C15H18N2O2/c1-4-7-17-9-14(11(2)16-17)12-5-6-15(19-3)13(8-12)10-18/h5-6,8-10H,4,7H2,1-3H3. The van der Waals surface area contributed by atoms with Crippen molar-refractivity contribution in [1.82, 2.24) is 9.78 Å². The van der Waals surface area contributed by atoms with Crippen molar-refractivity contribution in [3.8, 4) is 16.9 Å². The zero-order valence-corrected chi connectivity index (χ0v) is 11.5. The zero-order valence-electron chi connectivity index (χ0n) is 11.5. The SMILES string of the molecule is CCCn1cc(-c2ccc(OC)c(C=O)c2)c(C)n1. The van der Waals surface area contributed by atoms with Crippen LogP contribution in [0.3, 0.4) is 0 Å². The highest BCUT2D eigenvalue weighted by molar-refractivity contribution is 5.83. The molecule has 100 valence electrons. The van der Waals surface area contributed by atoms with Crippen LogP contribution < -0.4 is 4.74 Å². The van der Waals surface area contributed by atoms with E-state index in [2.05, 4.69) is 12.0 Å². The summed E-state index contributed by atoms with van der Waals surface area (Å²) in [5, 5.41) is 4.47. The Hall–Kier alpha value is -2.10. The molecule has 0 saturated heterocycles. The maximum absolute atomic E-state index is 11.1. The average Bonchev–Trinajstić information content (AvgIpc) is 2.79. The van der Waals surface area contributed by atoms with Gasteiger partial charge in [0.15, 0.2) is 6.29 Å². The van der Waals surface area contributed by atoms with Crippen molar-refractivity contribution in [2.24, 2.45) is 0 Å². The lowest BCUT2D eigenvalue weighted by atomic mass is 10.0. The third-order valence-corrected chi connectivity index (χ3v) is 3.07. The Bertz CT molecular complexity index is 588. The Morgan fingerprint density at radius 3 is 2.84 bits per heavy atom. The Kier molecular flexibility index (Phi) is 4.00. The minimum Gasteiger partial charge on any atom is -0.496 e. The molecule has 4 nitrogen and oxygen atoms in total. The van der Waals surface area contributed by atoms with Crippen molar-refractivity contribution in [1.29, 1.82) is 0 Å². The first-order chi connectivity index (χ1) is 9.19. The molecule has 0 atom stereocenters. The molecular formula is C15H18N2O2. The summed E-state index contributed by atoms with van der Waals surface area (Å²) in [6.45, 7) is 5.00. The summed E-state index contributed by atoms with van der Waals surface area (Å²) in [6.07, 6.45) is 3.88. The van der Waals surface area contributed by atoms with Crippen LogP contribution in [0.1, 0.15) is 29.4 Å². The van der Waals surface area contributed by atoms with E-state index in [9.17, 15) is 4.79 Å². The van der Waals surface area contributed by atoms with Gasteiger partial charge >= 0.3 is 0 Å². The van der Waals surface area contributed by atoms with Crippen LogP contribution in [0.15, 0.2) is 24.4 Å². The number of aromatic nitrogens is 2. The summed E-state index contributed by atoms with van der Waals surface area (Å²) in [6, 6.07) is 5.61. The normalized spacial score (nSPS) is 10.5. The van der Waals surface area contributed by atoms with Gasteiger partial charge in [0.05, 0.1) is 18.4 Å². The van der Waals surface area contributed by atoms with Gasteiger partial charge in [0.2, 0.25) is 0 Å². The molecule has 0 saturated carbocycles. The summed E-state index contributed by atoms with van der Waals surface area (Å²) in [5.41, 5.74) is 3.57. The van der Waals surface area contributed by atoms with Crippen LogP contribution in [0.4, 0.5) is 0 Å². The van der Waals surface area contributed by atoms with Gasteiger partial charge in [-0.05, 0) is 31.0 Å². The van der Waals surface area contributed by atoms with Crippen molar-refractivity contribution in [3.63, 3.8) is 0 Å². The molecule has 1 aromatic carbocycles. The molecule has 0 amide bonds. The monoisotopic (exact) mass is 258 g/mol. The fraction of sp³-hybridized carbons (Fsp3) is 0.333. The number of hydrogen-bond acceptors (Lipinski definition) is 3. The van der Waals surface area contributed by atoms with E-state index in [1.165, 1.54) is 0 Å². The quantitative estimate of drug-likeness (QED) is 0.774. The Balaban J connectivity index is 2.44. The van der Waals surface area contributed by atoms with Crippen molar-refractivity contribution in [2.75, 3.05) is 7.11 Å². The van der Waals surface area contributed by atoms with Crippen LogP contribution >= 0.6 is 0 Å². The smallest absolute Gasteiger partial charge is 0.153 e. The van der Waals surface area contributed by atoms with E-state index in [-0.39, 0.29) is 0 Å². The van der Waals surface area contributed by atoms with Crippen LogP contribution in [0.5, 0.6) is 5.75 Å². The van der Waals surface area contributed by atoms with Gasteiger partial charge in [0.1, 0.15) is 5.75 Å². The first kappa shape index (κ1) is 13.3. The van der Waals surface area contributed by atoms with Gasteiger partial charge in [-0.1, -0.05) is 13.0 Å². The van der Waals surface area contributed by atoms with Crippen LogP contribution in [0, 0.1) is 6.92 Å². The van der Waals surface area contributed by atoms with Gasteiger partial charge in [0, 0.05) is 18.3 Å². The molecule has 1 heterocycles. The molecule has 0 aliphatic rings. The second kappa shape index (κ2) is 5.69. The molecule has 19 heavy (non-hydrogen) atoms. The number of aldehydes is 1. The first-order valence-electron chi connectivity index (χ1n) is 6.37. The lowest BCUT2D eigenvalue weighted by Crippen LogP contribution is -1.96. The number of methoxy groups -OCH3 is 1. The lowest BCUT2D eigenvalue weighted by Gasteiger charge is -2.05. The predicted octanol–water partition coefficient (Wildman–Crippen LogP) is 3.09. The third-order valence-electron chi connectivity index (χ3n) is 3.07. The van der Waals surface area contributed by atoms with Crippen molar-refractivity contribution >= 4 is 6.29 Å². The van der Waals surface area contributed by atoms with Crippen molar-refractivity contribution in [3.05, 3.63) is 35.7 Å². The molecule has 0 fully saturated rings. The highest BCUT2D eigenvalue weighted by atomic mass is 16.5. The summed E-state index contributed by atoms with van der Waals surface area (Å²) >= 11 is 0. The number of aryl methyl sites for hydroxylation is 2. The van der Waals surface area contributed by atoms with E-state index in [1.54, 1.807) is 7.11 Å². The molecule has 1 aromatic heterocycles. The molecule has 0 aliphatic carbocycles. The summed E-state index contributed by atoms with van der Waals surface area (Å²) in [7, 11) is 1.56. The predicted molar refractivity (Wildman–Crippen MR) is 74.6 cm³/mol. The molecule has 0 radical (unpaired) electrons.